The number of rotatable bonds is 0. The van der Waals surface area contributed by atoms with E-state index in [0.29, 0.717) is 0 Å². The Labute approximate surface area is 93.0 Å². The monoisotopic (exact) mass is 251 g/mol. The molecule has 1 N–H and O–H groups in total. The van der Waals surface area contributed by atoms with Gasteiger partial charge in [0.1, 0.15) is 0 Å². The lowest BCUT2D eigenvalue weighted by atomic mass is 9.80. The normalized spacial score (nSPS) is 29.8. The summed E-state index contributed by atoms with van der Waals surface area (Å²) in [6, 6.07) is 7.36. The molecule has 0 aromatic heterocycles. The highest BCUT2D eigenvalue weighted by atomic mass is 79.9. The van der Waals surface area contributed by atoms with Crippen LogP contribution in [-0.2, 0) is 6.42 Å². The molecule has 0 spiro atoms. The molecule has 0 saturated carbocycles. The van der Waals surface area contributed by atoms with Crippen LogP contribution in [0.15, 0.2) is 22.7 Å². The molecule has 1 heterocycles. The molecule has 1 aliphatic carbocycles. The number of nitrogens with one attached hydrogen (secondary N) is 1. The highest BCUT2D eigenvalue weighted by Crippen LogP contribution is 2.40. The third-order valence-corrected chi connectivity index (χ3v) is 4.28. The predicted octanol–water partition coefficient (Wildman–Crippen LogP) is 2.84. The van der Waals surface area contributed by atoms with Crippen LogP contribution in [0.25, 0.3) is 0 Å². The van der Waals surface area contributed by atoms with E-state index in [-0.39, 0.29) is 0 Å². The molecule has 1 saturated heterocycles. The van der Waals surface area contributed by atoms with E-state index in [0.717, 1.165) is 12.0 Å². The summed E-state index contributed by atoms with van der Waals surface area (Å²) < 4.78 is 1.31. The number of fused-ring (bicyclic) bond motifs is 3. The van der Waals surface area contributed by atoms with Crippen molar-refractivity contribution in [2.45, 2.75) is 31.2 Å². The molecule has 14 heavy (non-hydrogen) atoms. The van der Waals surface area contributed by atoms with E-state index < -0.39 is 0 Å². The molecular formula is C12H14BrN. The molecule has 1 aromatic rings. The van der Waals surface area contributed by atoms with Gasteiger partial charge in [0.05, 0.1) is 0 Å². The molecule has 1 aromatic carbocycles. The van der Waals surface area contributed by atoms with Gasteiger partial charge in [-0.1, -0.05) is 28.1 Å². The second kappa shape index (κ2) is 3.35. The van der Waals surface area contributed by atoms with E-state index in [9.17, 15) is 0 Å². The van der Waals surface area contributed by atoms with Crippen LogP contribution in [0.5, 0.6) is 0 Å². The second-order valence-electron chi connectivity index (χ2n) is 4.31. The number of aryl methyl sites for hydroxylation is 1. The first-order valence-electron chi connectivity index (χ1n) is 5.37. The van der Waals surface area contributed by atoms with Crippen molar-refractivity contribution in [3.8, 4) is 0 Å². The Morgan fingerprint density at radius 2 is 2.21 bits per heavy atom. The maximum absolute atomic E-state index is 3.69. The van der Waals surface area contributed by atoms with Crippen LogP contribution < -0.4 is 5.32 Å². The molecule has 0 radical (unpaired) electrons. The number of benzene rings is 1. The van der Waals surface area contributed by atoms with Gasteiger partial charge in [-0.2, -0.15) is 0 Å². The average Bonchev–Trinajstić information content (AvgIpc) is 2.65. The summed E-state index contributed by atoms with van der Waals surface area (Å²) in [6.07, 6.45) is 3.86. The smallest absolute Gasteiger partial charge is 0.0213 e. The Bertz CT molecular complexity index is 361. The lowest BCUT2D eigenvalue weighted by Crippen LogP contribution is -2.30. The fourth-order valence-electron chi connectivity index (χ4n) is 2.94. The Hall–Kier alpha value is -0.340. The van der Waals surface area contributed by atoms with Gasteiger partial charge in [-0.3, -0.25) is 0 Å². The van der Waals surface area contributed by atoms with Gasteiger partial charge >= 0.3 is 0 Å². The first-order valence-corrected chi connectivity index (χ1v) is 6.16. The number of hydrogen-bond acceptors (Lipinski definition) is 1. The van der Waals surface area contributed by atoms with Crippen LogP contribution in [0.4, 0.5) is 0 Å². The zero-order chi connectivity index (χ0) is 9.54. The van der Waals surface area contributed by atoms with Crippen molar-refractivity contribution in [1.82, 2.24) is 5.32 Å². The van der Waals surface area contributed by atoms with Gasteiger partial charge < -0.3 is 5.32 Å². The first kappa shape index (κ1) is 8.93. The zero-order valence-electron chi connectivity index (χ0n) is 8.09. The van der Waals surface area contributed by atoms with E-state index in [1.165, 1.54) is 30.3 Å². The molecule has 2 heteroatoms. The van der Waals surface area contributed by atoms with Crippen molar-refractivity contribution in [1.29, 1.82) is 0 Å². The molecule has 3 rings (SSSR count). The summed E-state index contributed by atoms with van der Waals surface area (Å²) in [5.41, 5.74) is 3.14. The maximum Gasteiger partial charge on any atom is 0.0213 e. The highest BCUT2D eigenvalue weighted by Gasteiger charge is 2.33. The third-order valence-electron chi connectivity index (χ3n) is 3.59. The highest BCUT2D eigenvalue weighted by molar-refractivity contribution is 9.10. The Kier molecular flexibility index (Phi) is 2.14. The molecule has 1 fully saturated rings. The van der Waals surface area contributed by atoms with Crippen molar-refractivity contribution in [2.75, 3.05) is 6.54 Å². The lowest BCUT2D eigenvalue weighted by Gasteiger charge is -2.29. The largest absolute Gasteiger partial charge is 0.313 e. The van der Waals surface area contributed by atoms with Crippen LogP contribution >= 0.6 is 15.9 Å². The lowest BCUT2D eigenvalue weighted by molar-refractivity contribution is 0.480. The second-order valence-corrected chi connectivity index (χ2v) is 5.16. The number of halogens is 1. The van der Waals surface area contributed by atoms with Crippen molar-refractivity contribution in [2.24, 2.45) is 0 Å². The Morgan fingerprint density at radius 1 is 1.29 bits per heavy atom. The molecule has 2 atom stereocenters. The summed E-state index contributed by atoms with van der Waals surface area (Å²) in [5, 5.41) is 3.61. The van der Waals surface area contributed by atoms with Gasteiger partial charge in [-0.25, -0.2) is 0 Å². The first-order chi connectivity index (χ1) is 6.86. The van der Waals surface area contributed by atoms with Gasteiger partial charge in [-0.05, 0) is 43.0 Å². The van der Waals surface area contributed by atoms with E-state index in [4.69, 9.17) is 0 Å². The summed E-state index contributed by atoms with van der Waals surface area (Å²) in [4.78, 5) is 0. The zero-order valence-corrected chi connectivity index (χ0v) is 9.68. The topological polar surface area (TPSA) is 12.0 Å². The molecule has 74 valence electrons. The SMILES string of the molecule is Brc1cccc2c1[C@H]1CCN[C@H]1CC2. The van der Waals surface area contributed by atoms with E-state index in [1.807, 2.05) is 0 Å². The van der Waals surface area contributed by atoms with E-state index >= 15 is 0 Å². The Balaban J connectivity index is 2.11. The van der Waals surface area contributed by atoms with Gasteiger partial charge in [0.15, 0.2) is 0 Å². The Morgan fingerprint density at radius 3 is 3.14 bits per heavy atom. The minimum atomic E-state index is 0.737. The van der Waals surface area contributed by atoms with Crippen LogP contribution in [0, 0.1) is 0 Å². The van der Waals surface area contributed by atoms with Crippen LogP contribution in [0.2, 0.25) is 0 Å². The minimum absolute atomic E-state index is 0.737. The molecule has 0 unspecified atom stereocenters. The number of hydrogen-bond donors (Lipinski definition) is 1. The summed E-state index contributed by atoms with van der Waals surface area (Å²) in [6.45, 7) is 1.19. The molecule has 0 bridgehead atoms. The van der Waals surface area contributed by atoms with Crippen molar-refractivity contribution >= 4 is 15.9 Å². The van der Waals surface area contributed by atoms with Gasteiger partial charge in [-0.15, -0.1) is 0 Å². The predicted molar refractivity (Wildman–Crippen MR) is 61.6 cm³/mol. The van der Waals surface area contributed by atoms with Crippen molar-refractivity contribution < 1.29 is 0 Å². The van der Waals surface area contributed by atoms with Crippen molar-refractivity contribution in [3.05, 3.63) is 33.8 Å². The van der Waals surface area contributed by atoms with Gasteiger partial charge in [0.2, 0.25) is 0 Å². The van der Waals surface area contributed by atoms with E-state index in [1.54, 1.807) is 11.1 Å². The van der Waals surface area contributed by atoms with Crippen LogP contribution in [0.1, 0.15) is 29.9 Å². The molecule has 0 amide bonds. The minimum Gasteiger partial charge on any atom is -0.313 e. The third kappa shape index (κ3) is 1.24. The molecule has 1 aliphatic heterocycles. The average molecular weight is 252 g/mol. The van der Waals surface area contributed by atoms with Crippen molar-refractivity contribution in [3.63, 3.8) is 0 Å². The fraction of sp³-hybridized carbons (Fsp3) is 0.500. The van der Waals surface area contributed by atoms with E-state index in [2.05, 4.69) is 39.4 Å². The summed E-state index contributed by atoms with van der Waals surface area (Å²) >= 11 is 3.69. The summed E-state index contributed by atoms with van der Waals surface area (Å²) in [5.74, 6) is 0.759. The maximum atomic E-state index is 3.69. The molecule has 1 nitrogen and oxygen atoms in total. The quantitative estimate of drug-likeness (QED) is 0.748. The van der Waals surface area contributed by atoms with Gasteiger partial charge in [0.25, 0.3) is 0 Å². The molecular weight excluding hydrogens is 238 g/mol. The standard InChI is InChI=1S/C12H14BrN/c13-10-3-1-2-8-4-5-11-9(12(8)10)6-7-14-11/h1-3,9,11,14H,4-7H2/t9-,11-/m0/s1. The molecule has 2 aliphatic rings. The van der Waals surface area contributed by atoms with Crippen LogP contribution in [-0.4, -0.2) is 12.6 Å². The summed E-state index contributed by atoms with van der Waals surface area (Å²) in [7, 11) is 0. The van der Waals surface area contributed by atoms with Gasteiger partial charge in [0, 0.05) is 16.4 Å². The van der Waals surface area contributed by atoms with Crippen LogP contribution in [0.3, 0.4) is 0 Å². The fourth-order valence-corrected chi connectivity index (χ4v) is 3.64.